The van der Waals surface area contributed by atoms with Crippen molar-refractivity contribution in [1.29, 1.82) is 0 Å². The van der Waals surface area contributed by atoms with Gasteiger partial charge in [0.05, 0.1) is 6.10 Å². The summed E-state index contributed by atoms with van der Waals surface area (Å²) in [6, 6.07) is 0. The molecule has 2 atom stereocenters. The minimum Gasteiger partial charge on any atom is -0.413 e. The molecule has 1 saturated carbocycles. The van der Waals surface area contributed by atoms with Gasteiger partial charge in [0.2, 0.25) is 0 Å². The second-order valence-electron chi connectivity index (χ2n) is 9.18. The average Bonchev–Trinajstić information content (AvgIpc) is 2.73. The normalized spacial score (nSPS) is 28.4. The molecule has 0 aromatic rings. The van der Waals surface area contributed by atoms with E-state index in [2.05, 4.69) is 53.8 Å². The SMILES string of the molecule is CC(C)=CC[C@]12CCC(=O)C=C1CC[C@@H]2O[Si](C)(C)C(C)(C)C. The van der Waals surface area contributed by atoms with Crippen LogP contribution in [0.2, 0.25) is 18.1 Å². The first-order valence-corrected chi connectivity index (χ1v) is 11.9. The molecule has 0 aliphatic heterocycles. The molecule has 0 amide bonds. The lowest BCUT2D eigenvalue weighted by molar-refractivity contribution is -0.116. The van der Waals surface area contributed by atoms with Gasteiger partial charge in [0, 0.05) is 11.8 Å². The third kappa shape index (κ3) is 3.71. The fourth-order valence-corrected chi connectivity index (χ4v) is 5.03. The second-order valence-corrected chi connectivity index (χ2v) is 13.9. The first-order chi connectivity index (χ1) is 10.5. The van der Waals surface area contributed by atoms with Crippen LogP contribution in [-0.4, -0.2) is 20.2 Å². The van der Waals surface area contributed by atoms with Crippen molar-refractivity contribution in [3.8, 4) is 0 Å². The number of carbonyl (C=O) groups is 1. The van der Waals surface area contributed by atoms with Crippen molar-refractivity contribution in [2.45, 2.75) is 91.0 Å². The Hall–Kier alpha value is -0.673. The number of hydrogen-bond acceptors (Lipinski definition) is 2. The van der Waals surface area contributed by atoms with Gasteiger partial charge in [-0.2, -0.15) is 0 Å². The van der Waals surface area contributed by atoms with E-state index in [1.165, 1.54) is 11.1 Å². The van der Waals surface area contributed by atoms with Crippen LogP contribution in [0.4, 0.5) is 0 Å². The first kappa shape index (κ1) is 18.7. The molecule has 0 N–H and O–H groups in total. The highest BCUT2D eigenvalue weighted by atomic mass is 28.4. The van der Waals surface area contributed by atoms with Crippen molar-refractivity contribution < 1.29 is 9.22 Å². The highest BCUT2D eigenvalue weighted by Gasteiger charge is 2.51. The van der Waals surface area contributed by atoms with Gasteiger partial charge in [-0.1, -0.05) is 38.0 Å². The van der Waals surface area contributed by atoms with E-state index in [0.717, 1.165) is 25.7 Å². The molecule has 0 saturated heterocycles. The van der Waals surface area contributed by atoms with Gasteiger partial charge in [0.15, 0.2) is 14.1 Å². The molecule has 23 heavy (non-hydrogen) atoms. The van der Waals surface area contributed by atoms with Crippen molar-refractivity contribution in [3.05, 3.63) is 23.3 Å². The summed E-state index contributed by atoms with van der Waals surface area (Å²) in [5.74, 6) is 0.306. The fraction of sp³-hybridized carbons (Fsp3) is 0.750. The van der Waals surface area contributed by atoms with Gasteiger partial charge in [-0.15, -0.1) is 0 Å². The number of hydrogen-bond donors (Lipinski definition) is 0. The van der Waals surface area contributed by atoms with Gasteiger partial charge in [-0.3, -0.25) is 4.79 Å². The smallest absolute Gasteiger partial charge is 0.192 e. The Balaban J connectivity index is 2.34. The lowest BCUT2D eigenvalue weighted by Gasteiger charge is -2.45. The lowest BCUT2D eigenvalue weighted by Crippen LogP contribution is -2.48. The molecule has 0 aromatic heterocycles. The maximum absolute atomic E-state index is 11.9. The van der Waals surface area contributed by atoms with E-state index in [4.69, 9.17) is 4.43 Å². The average molecular weight is 335 g/mol. The van der Waals surface area contributed by atoms with Crippen LogP contribution in [0, 0.1) is 5.41 Å². The van der Waals surface area contributed by atoms with Crippen LogP contribution in [0.3, 0.4) is 0 Å². The van der Waals surface area contributed by atoms with E-state index < -0.39 is 8.32 Å². The Morgan fingerprint density at radius 3 is 2.57 bits per heavy atom. The minimum absolute atomic E-state index is 0.0701. The number of rotatable bonds is 4. The van der Waals surface area contributed by atoms with E-state index >= 15 is 0 Å². The summed E-state index contributed by atoms with van der Waals surface area (Å²) in [5.41, 5.74) is 2.78. The molecule has 0 bridgehead atoms. The van der Waals surface area contributed by atoms with Crippen LogP contribution < -0.4 is 0 Å². The van der Waals surface area contributed by atoms with Crippen LogP contribution in [0.15, 0.2) is 23.3 Å². The molecule has 0 aromatic carbocycles. The molecule has 2 nitrogen and oxygen atoms in total. The fourth-order valence-electron chi connectivity index (χ4n) is 3.62. The Labute approximate surface area is 143 Å². The molecular formula is C20H34O2Si. The second kappa shape index (κ2) is 6.32. The number of allylic oxidation sites excluding steroid dienone is 3. The van der Waals surface area contributed by atoms with Crippen molar-refractivity contribution in [2.75, 3.05) is 0 Å². The van der Waals surface area contributed by atoms with E-state index in [-0.39, 0.29) is 16.6 Å². The van der Waals surface area contributed by atoms with E-state index in [1.54, 1.807) is 0 Å². The van der Waals surface area contributed by atoms with Gasteiger partial charge in [-0.25, -0.2) is 0 Å². The van der Waals surface area contributed by atoms with Gasteiger partial charge in [0.1, 0.15) is 0 Å². The molecule has 0 radical (unpaired) electrons. The third-order valence-electron chi connectivity index (χ3n) is 6.20. The van der Waals surface area contributed by atoms with E-state index in [0.29, 0.717) is 12.2 Å². The van der Waals surface area contributed by atoms with Crippen LogP contribution in [-0.2, 0) is 9.22 Å². The number of fused-ring (bicyclic) bond motifs is 1. The maximum Gasteiger partial charge on any atom is 0.192 e. The zero-order valence-electron chi connectivity index (χ0n) is 16.1. The third-order valence-corrected chi connectivity index (χ3v) is 10.7. The van der Waals surface area contributed by atoms with Crippen LogP contribution >= 0.6 is 0 Å². The Kier molecular flexibility index (Phi) is 5.13. The molecule has 0 heterocycles. The highest BCUT2D eigenvalue weighted by Crippen LogP contribution is 2.54. The Morgan fingerprint density at radius 2 is 2.00 bits per heavy atom. The lowest BCUT2D eigenvalue weighted by atomic mass is 9.70. The van der Waals surface area contributed by atoms with Crippen LogP contribution in [0.25, 0.3) is 0 Å². The quantitative estimate of drug-likeness (QED) is 0.479. The largest absolute Gasteiger partial charge is 0.413 e. The summed E-state index contributed by atoms with van der Waals surface area (Å²) < 4.78 is 6.86. The monoisotopic (exact) mass is 334 g/mol. The van der Waals surface area contributed by atoms with Gasteiger partial charge in [0.25, 0.3) is 0 Å². The van der Waals surface area contributed by atoms with Gasteiger partial charge >= 0.3 is 0 Å². The van der Waals surface area contributed by atoms with E-state index in [1.807, 2.05) is 6.08 Å². The minimum atomic E-state index is -1.80. The van der Waals surface area contributed by atoms with Gasteiger partial charge in [-0.05, 0) is 63.7 Å². The molecule has 2 rings (SSSR count). The van der Waals surface area contributed by atoms with Crippen LogP contribution in [0.5, 0.6) is 0 Å². The molecule has 3 heteroatoms. The highest BCUT2D eigenvalue weighted by molar-refractivity contribution is 6.74. The molecule has 0 unspecified atom stereocenters. The zero-order chi connectivity index (χ0) is 17.5. The van der Waals surface area contributed by atoms with Crippen molar-refractivity contribution in [1.82, 2.24) is 0 Å². The van der Waals surface area contributed by atoms with Crippen LogP contribution in [0.1, 0.15) is 66.7 Å². The van der Waals surface area contributed by atoms with Crippen molar-refractivity contribution in [2.24, 2.45) is 5.41 Å². The molecule has 1 fully saturated rings. The number of carbonyl (C=O) groups excluding carboxylic acids is 1. The molecule has 0 spiro atoms. The summed E-state index contributed by atoms with van der Waals surface area (Å²) in [6.45, 7) is 15.9. The summed E-state index contributed by atoms with van der Waals surface area (Å²) in [5, 5.41) is 0.224. The predicted molar refractivity (Wildman–Crippen MR) is 100 cm³/mol. The van der Waals surface area contributed by atoms with E-state index in [9.17, 15) is 4.79 Å². The summed E-state index contributed by atoms with van der Waals surface area (Å²) >= 11 is 0. The zero-order valence-corrected chi connectivity index (χ0v) is 17.1. The van der Waals surface area contributed by atoms with Crippen molar-refractivity contribution >= 4 is 14.1 Å². The molecule has 2 aliphatic rings. The van der Waals surface area contributed by atoms with Crippen molar-refractivity contribution in [3.63, 3.8) is 0 Å². The maximum atomic E-state index is 11.9. The summed E-state index contributed by atoms with van der Waals surface area (Å²) in [4.78, 5) is 11.9. The van der Waals surface area contributed by atoms with Gasteiger partial charge < -0.3 is 4.43 Å². The number of ketones is 1. The molecule has 2 aliphatic carbocycles. The summed E-state index contributed by atoms with van der Waals surface area (Å²) in [7, 11) is -1.80. The summed E-state index contributed by atoms with van der Waals surface area (Å²) in [6.07, 6.45) is 9.32. The Morgan fingerprint density at radius 1 is 1.35 bits per heavy atom. The first-order valence-electron chi connectivity index (χ1n) is 9.03. The Bertz CT molecular complexity index is 532. The standard InChI is InChI=1S/C20H34O2Si/c1-15(2)10-12-20-13-11-17(21)14-16(20)8-9-18(20)22-23(6,7)19(3,4)5/h10,14,18H,8-9,11-13H2,1-7H3/t18-,20-/m0/s1. The predicted octanol–water partition coefficient (Wildman–Crippen LogP) is 5.80. The topological polar surface area (TPSA) is 26.3 Å². The molecule has 130 valence electrons. The molecular weight excluding hydrogens is 300 g/mol.